The molecule has 5 rings (SSSR count). The Labute approximate surface area is 256 Å². The minimum atomic E-state index is -4.79. The fourth-order valence-corrected chi connectivity index (χ4v) is 5.19. The van der Waals surface area contributed by atoms with Crippen LogP contribution >= 0.6 is 11.8 Å². The number of aliphatic hydroxyl groups is 1. The van der Waals surface area contributed by atoms with Crippen LogP contribution in [0.3, 0.4) is 0 Å². The number of carbonyl (C=O) groups excluding carboxylic acids is 1. The van der Waals surface area contributed by atoms with Crippen molar-refractivity contribution in [3.05, 3.63) is 89.7 Å². The molecule has 3 aromatic carbocycles. The van der Waals surface area contributed by atoms with Crippen molar-refractivity contribution in [1.29, 1.82) is 0 Å². The molecular formula is C29H23F6N5O4S. The van der Waals surface area contributed by atoms with Crippen LogP contribution in [0.15, 0.2) is 78.0 Å². The zero-order chi connectivity index (χ0) is 32.4. The SMILES string of the molecule is Cc1ccc(C(F)(F)F)c(N2C(=O)CS/C2=N\C(O)OCCc2ccc(-c3ncn(-c4ccc(OC(F)(F)F)cc4)n3)cc2)c1. The van der Waals surface area contributed by atoms with E-state index >= 15 is 0 Å². The number of ether oxygens (including phenoxy) is 2. The summed E-state index contributed by atoms with van der Waals surface area (Å²) in [4.78, 5) is 21.5. The van der Waals surface area contributed by atoms with Crippen LogP contribution in [-0.4, -0.2) is 56.1 Å². The number of amidine groups is 1. The van der Waals surface area contributed by atoms with Gasteiger partial charge in [0, 0.05) is 5.56 Å². The number of hydrogen-bond acceptors (Lipinski definition) is 8. The number of alkyl halides is 6. The molecule has 45 heavy (non-hydrogen) atoms. The molecule has 1 N–H and O–H groups in total. The molecule has 1 unspecified atom stereocenters. The summed E-state index contributed by atoms with van der Waals surface area (Å²) in [7, 11) is 0. The molecule has 1 saturated heterocycles. The molecule has 0 radical (unpaired) electrons. The van der Waals surface area contributed by atoms with Crippen molar-refractivity contribution in [2.24, 2.45) is 4.99 Å². The van der Waals surface area contributed by atoms with Gasteiger partial charge in [0.1, 0.15) is 12.1 Å². The van der Waals surface area contributed by atoms with Gasteiger partial charge in [0.15, 0.2) is 11.0 Å². The van der Waals surface area contributed by atoms with Crippen molar-refractivity contribution in [3.8, 4) is 22.8 Å². The molecule has 0 aliphatic carbocycles. The average Bonchev–Trinajstić information content (AvgIpc) is 3.59. The third kappa shape index (κ3) is 8.01. The number of rotatable bonds is 9. The van der Waals surface area contributed by atoms with E-state index in [-0.39, 0.29) is 29.0 Å². The molecule has 236 valence electrons. The van der Waals surface area contributed by atoms with E-state index in [1.54, 1.807) is 31.2 Å². The molecule has 1 aliphatic heterocycles. The lowest BCUT2D eigenvalue weighted by molar-refractivity contribution is -0.274. The second-order valence-corrected chi connectivity index (χ2v) is 10.6. The first kappa shape index (κ1) is 32.0. The number of benzene rings is 3. The predicted molar refractivity (Wildman–Crippen MR) is 153 cm³/mol. The van der Waals surface area contributed by atoms with Crippen LogP contribution in [0.1, 0.15) is 16.7 Å². The van der Waals surface area contributed by atoms with E-state index in [1.165, 1.54) is 47.4 Å². The monoisotopic (exact) mass is 651 g/mol. The van der Waals surface area contributed by atoms with Gasteiger partial charge < -0.3 is 14.6 Å². The number of amides is 1. The molecule has 0 spiro atoms. The number of hydrogen-bond donors (Lipinski definition) is 1. The highest BCUT2D eigenvalue weighted by Gasteiger charge is 2.40. The summed E-state index contributed by atoms with van der Waals surface area (Å²) >= 11 is 0.898. The van der Waals surface area contributed by atoms with Gasteiger partial charge in [-0.15, -0.1) is 18.3 Å². The molecule has 16 heteroatoms. The number of anilines is 1. The van der Waals surface area contributed by atoms with Crippen molar-refractivity contribution in [3.63, 3.8) is 0 Å². The molecule has 0 saturated carbocycles. The Balaban J connectivity index is 1.18. The molecular weight excluding hydrogens is 628 g/mol. The number of aryl methyl sites for hydroxylation is 1. The maximum Gasteiger partial charge on any atom is 0.573 e. The zero-order valence-electron chi connectivity index (χ0n) is 23.2. The average molecular weight is 652 g/mol. The summed E-state index contributed by atoms with van der Waals surface area (Å²) in [5.74, 6) is -0.730. The van der Waals surface area contributed by atoms with Gasteiger partial charge in [-0.2, -0.15) is 13.2 Å². The normalized spacial score (nSPS) is 15.6. The van der Waals surface area contributed by atoms with Crippen LogP contribution in [0.4, 0.5) is 32.0 Å². The Hall–Kier alpha value is -4.41. The largest absolute Gasteiger partial charge is 0.573 e. The van der Waals surface area contributed by atoms with E-state index in [0.29, 0.717) is 29.1 Å². The minimum absolute atomic E-state index is 0.00901. The second-order valence-electron chi connectivity index (χ2n) is 9.65. The Bertz CT molecular complexity index is 1690. The number of carbonyl (C=O) groups is 1. The van der Waals surface area contributed by atoms with Crippen LogP contribution in [0.5, 0.6) is 5.75 Å². The Morgan fingerprint density at radius 2 is 1.73 bits per heavy atom. The number of aliphatic imine (C=N–C) groups is 1. The Morgan fingerprint density at radius 1 is 1.02 bits per heavy atom. The summed E-state index contributed by atoms with van der Waals surface area (Å²) in [5, 5.41) is 14.6. The molecule has 4 aromatic rings. The zero-order valence-corrected chi connectivity index (χ0v) is 24.0. The summed E-state index contributed by atoms with van der Waals surface area (Å²) in [5.41, 5.74) is 1.12. The van der Waals surface area contributed by atoms with Gasteiger partial charge in [-0.1, -0.05) is 42.1 Å². The highest BCUT2D eigenvalue weighted by atomic mass is 32.2. The van der Waals surface area contributed by atoms with E-state index in [4.69, 9.17) is 4.74 Å². The van der Waals surface area contributed by atoms with Gasteiger partial charge in [0.25, 0.3) is 6.41 Å². The van der Waals surface area contributed by atoms with Crippen LogP contribution < -0.4 is 9.64 Å². The van der Waals surface area contributed by atoms with E-state index in [2.05, 4.69) is 19.8 Å². The maximum atomic E-state index is 13.6. The van der Waals surface area contributed by atoms with Crippen molar-refractivity contribution in [2.45, 2.75) is 32.3 Å². The number of thioether (sulfide) groups is 1. The van der Waals surface area contributed by atoms with E-state index in [9.17, 15) is 36.2 Å². The van der Waals surface area contributed by atoms with Gasteiger partial charge in [-0.3, -0.25) is 9.69 Å². The number of halogens is 6. The summed E-state index contributed by atoms with van der Waals surface area (Å²) in [6.45, 7) is 1.61. The predicted octanol–water partition coefficient (Wildman–Crippen LogP) is 6.13. The standard InChI is InChI=1S/C29H23F6N5O4S/c1-17-2-11-22(28(30,31)32)23(14-17)40-24(41)15-45-26(40)37-27(42)43-13-12-18-3-5-19(6-4-18)25-36-16-39(38-25)20-7-9-21(10-8-20)44-29(33,34)35/h2-11,14,16,27,42H,12-13,15H2,1H3/b37-26-. The molecule has 1 atom stereocenters. The highest BCUT2D eigenvalue weighted by molar-refractivity contribution is 8.15. The van der Waals surface area contributed by atoms with Gasteiger partial charge >= 0.3 is 12.5 Å². The molecule has 1 fully saturated rings. The Morgan fingerprint density at radius 3 is 2.40 bits per heavy atom. The number of nitrogens with zero attached hydrogens (tertiary/aromatic N) is 5. The second kappa shape index (κ2) is 12.9. The molecule has 1 aliphatic rings. The maximum absolute atomic E-state index is 13.6. The lowest BCUT2D eigenvalue weighted by Crippen LogP contribution is -2.32. The molecule has 1 amide bonds. The highest BCUT2D eigenvalue weighted by Crippen LogP contribution is 2.40. The fraction of sp³-hybridized carbons (Fsp3) is 0.241. The molecule has 1 aromatic heterocycles. The first-order chi connectivity index (χ1) is 21.3. The van der Waals surface area contributed by atoms with Crippen LogP contribution in [-0.2, 0) is 22.1 Å². The lowest BCUT2D eigenvalue weighted by atomic mass is 10.1. The summed E-state index contributed by atoms with van der Waals surface area (Å²) in [6, 6.07) is 15.7. The number of aromatic nitrogens is 3. The molecule has 9 nitrogen and oxygen atoms in total. The summed E-state index contributed by atoms with van der Waals surface area (Å²) in [6.07, 6.45) is -9.45. The van der Waals surface area contributed by atoms with Crippen LogP contribution in [0, 0.1) is 6.92 Å². The van der Waals surface area contributed by atoms with Gasteiger partial charge in [0.2, 0.25) is 5.91 Å². The Kier molecular flexibility index (Phi) is 9.18. The minimum Gasteiger partial charge on any atom is -0.406 e. The van der Waals surface area contributed by atoms with E-state index in [0.717, 1.165) is 28.3 Å². The van der Waals surface area contributed by atoms with Gasteiger partial charge in [-0.05, 0) is 60.9 Å². The first-order valence-corrected chi connectivity index (χ1v) is 14.1. The quantitative estimate of drug-likeness (QED) is 0.172. The fourth-order valence-electron chi connectivity index (χ4n) is 4.32. The number of aliphatic hydroxyl groups excluding tert-OH is 1. The van der Waals surface area contributed by atoms with Crippen LogP contribution in [0.2, 0.25) is 0 Å². The van der Waals surface area contributed by atoms with Gasteiger partial charge in [-0.25, -0.2) is 14.7 Å². The molecule has 0 bridgehead atoms. The lowest BCUT2D eigenvalue weighted by Gasteiger charge is -2.22. The van der Waals surface area contributed by atoms with Crippen molar-refractivity contribution < 1.29 is 45.7 Å². The van der Waals surface area contributed by atoms with Gasteiger partial charge in [0.05, 0.1) is 29.3 Å². The smallest absolute Gasteiger partial charge is 0.406 e. The molecule has 2 heterocycles. The van der Waals surface area contributed by atoms with E-state index in [1.807, 2.05) is 0 Å². The van der Waals surface area contributed by atoms with Crippen molar-refractivity contribution >= 4 is 28.5 Å². The third-order valence-corrected chi connectivity index (χ3v) is 7.32. The summed E-state index contributed by atoms with van der Waals surface area (Å²) < 4.78 is 88.6. The third-order valence-electron chi connectivity index (χ3n) is 6.38. The first-order valence-electron chi connectivity index (χ1n) is 13.1. The van der Waals surface area contributed by atoms with Crippen molar-refractivity contribution in [2.75, 3.05) is 17.3 Å². The van der Waals surface area contributed by atoms with Crippen molar-refractivity contribution in [1.82, 2.24) is 14.8 Å². The van der Waals surface area contributed by atoms with Crippen LogP contribution in [0.25, 0.3) is 17.1 Å². The van der Waals surface area contributed by atoms with E-state index < -0.39 is 30.4 Å². The topological polar surface area (TPSA) is 102 Å².